The molecule has 0 unspecified atom stereocenters. The Hall–Kier alpha value is -1.23. The van der Waals surface area contributed by atoms with Crippen LogP contribution in [0.2, 0.25) is 5.15 Å². The second-order valence-electron chi connectivity index (χ2n) is 1.72. The molecule has 1 heterocycles. The lowest BCUT2D eigenvalue weighted by Gasteiger charge is -1.91. The zero-order valence-electron chi connectivity index (χ0n) is 5.12. The molecule has 11 heavy (non-hydrogen) atoms. The highest BCUT2D eigenvalue weighted by molar-refractivity contribution is 6.29. The summed E-state index contributed by atoms with van der Waals surface area (Å²) in [5, 5.41) is 9.66. The third kappa shape index (κ3) is 1.62. The maximum absolute atomic E-state index is 12.4. The van der Waals surface area contributed by atoms with E-state index in [2.05, 4.69) is 4.98 Å². The molecule has 0 aliphatic heterocycles. The molecule has 1 rings (SSSR count). The molecule has 0 bridgehead atoms. The van der Waals surface area contributed by atoms with Gasteiger partial charge in [-0.15, -0.1) is 0 Å². The molecule has 58 valence electrons. The fourth-order valence-electron chi connectivity index (χ4n) is 0.511. The normalized spacial score (nSPS) is 9.64. The molecule has 0 fully saturated rings. The van der Waals surface area contributed by atoms with Crippen LogP contribution in [0.15, 0.2) is 12.3 Å². The topological polar surface area (TPSA) is 56.0 Å². The van der Waals surface area contributed by atoms with E-state index >= 15 is 0 Å². The van der Waals surface area contributed by atoms with Gasteiger partial charge in [0.05, 0.1) is 11.0 Å². The summed E-state index contributed by atoms with van der Waals surface area (Å²) in [7, 11) is 0. The third-order valence-electron chi connectivity index (χ3n) is 0.993. The summed E-state index contributed by atoms with van der Waals surface area (Å²) in [4.78, 5) is 12.5. The summed E-state index contributed by atoms with van der Waals surface area (Å²) in [6.07, 6.45) is 0.894. The highest BCUT2D eigenvalue weighted by atomic mass is 35.5. The molecule has 0 amide bonds. The molecule has 0 radical (unpaired) electrons. The number of rotatable bonds is 1. The first kappa shape index (κ1) is 7.87. The van der Waals surface area contributed by atoms with E-state index in [0.29, 0.717) is 0 Å². The summed E-state index contributed by atoms with van der Waals surface area (Å²) in [6, 6.07) is 0.718. The Morgan fingerprint density at radius 1 is 1.73 bits per heavy atom. The van der Waals surface area contributed by atoms with E-state index in [9.17, 15) is 14.5 Å². The van der Waals surface area contributed by atoms with Crippen LogP contribution in [-0.2, 0) is 0 Å². The van der Waals surface area contributed by atoms with Crippen molar-refractivity contribution in [2.24, 2.45) is 0 Å². The average molecular weight is 177 g/mol. The first-order chi connectivity index (χ1) is 5.11. The van der Waals surface area contributed by atoms with Crippen molar-refractivity contribution in [1.29, 1.82) is 0 Å². The van der Waals surface area contributed by atoms with Crippen molar-refractivity contribution in [3.05, 3.63) is 33.3 Å². The minimum absolute atomic E-state index is 0.365. The van der Waals surface area contributed by atoms with Gasteiger partial charge in [0.1, 0.15) is 6.20 Å². The van der Waals surface area contributed by atoms with Crippen molar-refractivity contribution in [3.8, 4) is 0 Å². The Morgan fingerprint density at radius 3 is 2.82 bits per heavy atom. The monoisotopic (exact) mass is 176 g/mol. The summed E-state index contributed by atoms with van der Waals surface area (Å²) >= 11 is 5.18. The van der Waals surface area contributed by atoms with Gasteiger partial charge in [0, 0.05) is 0 Å². The zero-order valence-corrected chi connectivity index (χ0v) is 5.88. The summed E-state index contributed by atoms with van der Waals surface area (Å²) in [6.45, 7) is 0. The molecule has 0 N–H and O–H groups in total. The molecule has 0 saturated heterocycles. The highest BCUT2D eigenvalue weighted by Crippen LogP contribution is 2.16. The maximum Gasteiger partial charge on any atom is 0.290 e. The molecule has 6 heteroatoms. The highest BCUT2D eigenvalue weighted by Gasteiger charge is 2.09. The molecule has 4 nitrogen and oxygen atoms in total. The van der Waals surface area contributed by atoms with E-state index in [1.165, 1.54) is 0 Å². The maximum atomic E-state index is 12.4. The Labute approximate surface area is 65.8 Å². The number of nitrogens with zero attached hydrogens (tertiary/aromatic N) is 2. The van der Waals surface area contributed by atoms with Gasteiger partial charge in [-0.2, -0.15) is 0 Å². The van der Waals surface area contributed by atoms with Gasteiger partial charge in [-0.3, -0.25) is 10.1 Å². The molecule has 1 aromatic rings. The lowest BCUT2D eigenvalue weighted by molar-refractivity contribution is -0.385. The molecule has 0 aromatic carbocycles. The molecule has 0 spiro atoms. The number of hydrogen-bond donors (Lipinski definition) is 0. The third-order valence-corrected chi connectivity index (χ3v) is 1.27. The van der Waals surface area contributed by atoms with Crippen molar-refractivity contribution in [2.45, 2.75) is 0 Å². The Balaban J connectivity index is 3.15. The predicted molar refractivity (Wildman–Crippen MR) is 35.9 cm³/mol. The first-order valence-corrected chi connectivity index (χ1v) is 2.94. The molecule has 0 aliphatic rings. The smallest absolute Gasteiger partial charge is 0.258 e. The van der Waals surface area contributed by atoms with Gasteiger partial charge < -0.3 is 0 Å². The Morgan fingerprint density at radius 2 is 2.36 bits per heavy atom. The van der Waals surface area contributed by atoms with Crippen LogP contribution in [0.1, 0.15) is 0 Å². The molecular weight excluding hydrogens is 175 g/mol. The fourth-order valence-corrected chi connectivity index (χ4v) is 0.614. The van der Waals surface area contributed by atoms with E-state index < -0.39 is 16.4 Å². The average Bonchev–Trinajstić information content (AvgIpc) is 1.94. The number of halogens is 2. The van der Waals surface area contributed by atoms with Gasteiger partial charge in [-0.05, 0) is 0 Å². The van der Waals surface area contributed by atoms with E-state index in [4.69, 9.17) is 11.6 Å². The molecule has 1 aromatic heterocycles. The summed E-state index contributed by atoms with van der Waals surface area (Å²) in [5.74, 6) is -0.888. The lowest BCUT2D eigenvalue weighted by atomic mass is 10.4. The fraction of sp³-hybridized carbons (Fsp3) is 0. The van der Waals surface area contributed by atoms with Crippen LogP contribution < -0.4 is 0 Å². The molecule has 0 aliphatic carbocycles. The largest absolute Gasteiger partial charge is 0.290 e. The van der Waals surface area contributed by atoms with Crippen molar-refractivity contribution in [3.63, 3.8) is 0 Å². The minimum Gasteiger partial charge on any atom is -0.258 e. The van der Waals surface area contributed by atoms with Gasteiger partial charge in [0.25, 0.3) is 5.69 Å². The first-order valence-electron chi connectivity index (χ1n) is 2.56. The van der Waals surface area contributed by atoms with Gasteiger partial charge in [0.15, 0.2) is 11.0 Å². The lowest BCUT2D eigenvalue weighted by Crippen LogP contribution is -1.91. The number of hydrogen-bond acceptors (Lipinski definition) is 3. The van der Waals surface area contributed by atoms with Gasteiger partial charge in [0.2, 0.25) is 0 Å². The Kier molecular flexibility index (Phi) is 2.00. The van der Waals surface area contributed by atoms with Crippen LogP contribution in [0, 0.1) is 15.9 Å². The minimum atomic E-state index is -0.888. The SMILES string of the molecule is O=[N+]([O-])c1cnc(Cl)c(F)c1. The van der Waals surface area contributed by atoms with Crippen LogP contribution in [0.25, 0.3) is 0 Å². The van der Waals surface area contributed by atoms with Crippen molar-refractivity contribution >= 4 is 17.3 Å². The van der Waals surface area contributed by atoms with Crippen LogP contribution in [0.3, 0.4) is 0 Å². The van der Waals surface area contributed by atoms with Crippen LogP contribution in [0.4, 0.5) is 10.1 Å². The van der Waals surface area contributed by atoms with Crippen LogP contribution in [-0.4, -0.2) is 9.91 Å². The molecule has 0 saturated carbocycles. The Bertz CT molecular complexity index is 305. The van der Waals surface area contributed by atoms with Crippen molar-refractivity contribution < 1.29 is 9.31 Å². The number of aromatic nitrogens is 1. The van der Waals surface area contributed by atoms with Crippen molar-refractivity contribution in [2.75, 3.05) is 0 Å². The second kappa shape index (κ2) is 2.79. The number of nitro groups is 1. The van der Waals surface area contributed by atoms with Gasteiger partial charge >= 0.3 is 0 Å². The van der Waals surface area contributed by atoms with Gasteiger partial charge in [-0.25, -0.2) is 9.37 Å². The summed E-state index contributed by atoms with van der Waals surface area (Å²) in [5.41, 5.74) is -0.410. The quantitative estimate of drug-likeness (QED) is 0.372. The zero-order chi connectivity index (χ0) is 8.43. The van der Waals surface area contributed by atoms with E-state index in [1.54, 1.807) is 0 Å². The molecule has 0 atom stereocenters. The van der Waals surface area contributed by atoms with E-state index in [-0.39, 0.29) is 5.15 Å². The van der Waals surface area contributed by atoms with E-state index in [1.807, 2.05) is 0 Å². The standard InChI is InChI=1S/C5H2ClFN2O2/c6-5-4(7)1-3(2-8-5)9(10)11/h1-2H. The predicted octanol–water partition coefficient (Wildman–Crippen LogP) is 1.78. The van der Waals surface area contributed by atoms with E-state index in [0.717, 1.165) is 12.3 Å². The van der Waals surface area contributed by atoms with Crippen LogP contribution >= 0.6 is 11.6 Å². The van der Waals surface area contributed by atoms with Gasteiger partial charge in [-0.1, -0.05) is 11.6 Å². The molecular formula is C5H2ClFN2O2. The number of pyridine rings is 1. The summed E-state index contributed by atoms with van der Waals surface area (Å²) < 4.78 is 12.4. The van der Waals surface area contributed by atoms with Crippen LogP contribution in [0.5, 0.6) is 0 Å². The van der Waals surface area contributed by atoms with Crippen molar-refractivity contribution in [1.82, 2.24) is 4.98 Å². The second-order valence-corrected chi connectivity index (χ2v) is 2.08.